The highest BCUT2D eigenvalue weighted by Gasteiger charge is 2.22. The molecular weight excluding hydrogens is 424 g/mol. The van der Waals surface area contributed by atoms with Gasteiger partial charge < -0.3 is 14.8 Å². The Labute approximate surface area is 182 Å². The number of thiazole rings is 1. The highest BCUT2D eigenvalue weighted by Crippen LogP contribution is 2.30. The van der Waals surface area contributed by atoms with Gasteiger partial charge in [-0.3, -0.25) is 9.78 Å². The molecule has 1 aliphatic heterocycles. The Hall–Kier alpha value is -2.91. The molecule has 1 unspecified atom stereocenters. The van der Waals surface area contributed by atoms with Crippen molar-refractivity contribution in [3.8, 4) is 16.3 Å². The van der Waals surface area contributed by atoms with Gasteiger partial charge in [0.25, 0.3) is 12.3 Å². The van der Waals surface area contributed by atoms with Crippen LogP contribution in [0.15, 0.2) is 42.7 Å². The fraction of sp³-hybridized carbons (Fsp3) is 0.318. The standard InChI is InChI=1S/C22H21F2N3O3S/c1-12-8-26-22(31-12)16-5-15(6-17(7-16)30-18-10-29-11-18)21(28)27-13(2)14-3-4-19(20(23)24)25-9-14/h3-9,13,18,20H,10-11H2,1-2H3,(H,27,28). The van der Waals surface area contributed by atoms with Crippen molar-refractivity contribution in [2.24, 2.45) is 0 Å². The van der Waals surface area contributed by atoms with Gasteiger partial charge in [-0.1, -0.05) is 6.07 Å². The molecule has 1 N–H and O–H groups in total. The van der Waals surface area contributed by atoms with Crippen LogP contribution >= 0.6 is 11.3 Å². The molecule has 1 aromatic carbocycles. The minimum Gasteiger partial charge on any atom is -0.486 e. The van der Waals surface area contributed by atoms with Crippen molar-refractivity contribution in [1.29, 1.82) is 0 Å². The lowest BCUT2D eigenvalue weighted by atomic mass is 10.1. The third kappa shape index (κ3) is 5.05. The lowest BCUT2D eigenvalue weighted by Crippen LogP contribution is -2.38. The smallest absolute Gasteiger partial charge is 0.280 e. The maximum absolute atomic E-state index is 13.0. The minimum atomic E-state index is -2.63. The number of pyridine rings is 1. The molecule has 1 atom stereocenters. The number of hydrogen-bond acceptors (Lipinski definition) is 6. The number of alkyl halides is 2. The zero-order chi connectivity index (χ0) is 22.0. The van der Waals surface area contributed by atoms with Crippen LogP contribution in [0.5, 0.6) is 5.75 Å². The summed E-state index contributed by atoms with van der Waals surface area (Å²) in [6.07, 6.45) is 0.468. The quantitative estimate of drug-likeness (QED) is 0.570. The predicted octanol–water partition coefficient (Wildman–Crippen LogP) is 4.72. The fourth-order valence-electron chi connectivity index (χ4n) is 3.05. The normalized spacial score (nSPS) is 14.9. The van der Waals surface area contributed by atoms with Crippen LogP contribution in [-0.2, 0) is 4.74 Å². The van der Waals surface area contributed by atoms with Crippen LogP contribution in [0.4, 0.5) is 8.78 Å². The molecule has 0 spiro atoms. The van der Waals surface area contributed by atoms with Crippen LogP contribution < -0.4 is 10.1 Å². The van der Waals surface area contributed by atoms with Crippen molar-refractivity contribution in [3.05, 3.63) is 64.4 Å². The molecule has 162 valence electrons. The molecule has 3 aromatic rings. The van der Waals surface area contributed by atoms with E-state index >= 15 is 0 Å². The molecule has 31 heavy (non-hydrogen) atoms. The topological polar surface area (TPSA) is 73.3 Å². The van der Waals surface area contributed by atoms with Crippen molar-refractivity contribution >= 4 is 17.2 Å². The van der Waals surface area contributed by atoms with E-state index in [4.69, 9.17) is 9.47 Å². The number of nitrogens with one attached hydrogen (secondary N) is 1. The zero-order valence-corrected chi connectivity index (χ0v) is 17.8. The van der Waals surface area contributed by atoms with Gasteiger partial charge in [0.2, 0.25) is 0 Å². The summed E-state index contributed by atoms with van der Waals surface area (Å²) in [6, 6.07) is 7.71. The second-order valence-electron chi connectivity index (χ2n) is 7.31. The van der Waals surface area contributed by atoms with Crippen molar-refractivity contribution in [3.63, 3.8) is 0 Å². The molecular formula is C22H21F2N3O3S. The molecule has 6 nitrogen and oxygen atoms in total. The van der Waals surface area contributed by atoms with Crippen molar-refractivity contribution in [1.82, 2.24) is 15.3 Å². The molecule has 0 saturated carbocycles. The molecule has 1 aliphatic rings. The van der Waals surface area contributed by atoms with Crippen LogP contribution in [0.1, 0.15) is 45.9 Å². The van der Waals surface area contributed by atoms with Crippen LogP contribution in [0, 0.1) is 6.92 Å². The zero-order valence-electron chi connectivity index (χ0n) is 17.0. The number of hydrogen-bond donors (Lipinski definition) is 1. The highest BCUT2D eigenvalue weighted by atomic mass is 32.1. The van der Waals surface area contributed by atoms with Gasteiger partial charge in [0.05, 0.1) is 19.3 Å². The molecule has 4 rings (SSSR count). The molecule has 2 aromatic heterocycles. The Bertz CT molecular complexity index is 1070. The number of amides is 1. The van der Waals surface area contributed by atoms with Gasteiger partial charge >= 0.3 is 0 Å². The van der Waals surface area contributed by atoms with E-state index in [1.54, 1.807) is 31.3 Å². The van der Waals surface area contributed by atoms with E-state index in [2.05, 4.69) is 15.3 Å². The van der Waals surface area contributed by atoms with Gasteiger partial charge in [-0.25, -0.2) is 13.8 Å². The molecule has 0 aliphatic carbocycles. The first-order valence-electron chi connectivity index (χ1n) is 9.76. The third-order valence-corrected chi connectivity index (χ3v) is 5.79. The monoisotopic (exact) mass is 445 g/mol. The van der Waals surface area contributed by atoms with E-state index in [9.17, 15) is 13.6 Å². The van der Waals surface area contributed by atoms with E-state index in [0.717, 1.165) is 15.4 Å². The number of carbonyl (C=O) groups excluding carboxylic acids is 1. The molecule has 0 bridgehead atoms. The number of benzene rings is 1. The number of rotatable bonds is 7. The lowest BCUT2D eigenvalue weighted by molar-refractivity contribution is -0.0796. The molecule has 1 saturated heterocycles. The summed E-state index contributed by atoms with van der Waals surface area (Å²) >= 11 is 1.53. The summed E-state index contributed by atoms with van der Waals surface area (Å²) in [7, 11) is 0. The van der Waals surface area contributed by atoms with E-state index in [0.29, 0.717) is 30.1 Å². The van der Waals surface area contributed by atoms with E-state index in [1.807, 2.05) is 13.0 Å². The Morgan fingerprint density at radius 3 is 2.61 bits per heavy atom. The summed E-state index contributed by atoms with van der Waals surface area (Å²) in [4.78, 5) is 22.2. The third-order valence-electron chi connectivity index (χ3n) is 4.83. The van der Waals surface area contributed by atoms with Crippen LogP contribution in [0.3, 0.4) is 0 Å². The molecule has 1 fully saturated rings. The maximum atomic E-state index is 13.0. The Balaban J connectivity index is 1.56. The second kappa shape index (κ2) is 9.07. The number of nitrogens with zero attached hydrogens (tertiary/aromatic N) is 2. The average Bonchev–Trinajstić information content (AvgIpc) is 3.17. The molecule has 1 amide bonds. The summed E-state index contributed by atoms with van der Waals surface area (Å²) in [6.45, 7) is 4.77. The number of halogens is 2. The van der Waals surface area contributed by atoms with Gasteiger partial charge in [0.15, 0.2) is 0 Å². The Kier molecular flexibility index (Phi) is 6.24. The van der Waals surface area contributed by atoms with Gasteiger partial charge in [-0.05, 0) is 43.7 Å². The van der Waals surface area contributed by atoms with Crippen LogP contribution in [0.25, 0.3) is 10.6 Å². The number of ether oxygens (including phenoxy) is 2. The minimum absolute atomic E-state index is 0.0393. The van der Waals surface area contributed by atoms with Crippen LogP contribution in [0.2, 0.25) is 0 Å². The first-order valence-corrected chi connectivity index (χ1v) is 10.6. The number of carbonyl (C=O) groups is 1. The van der Waals surface area contributed by atoms with Gasteiger partial charge in [-0.2, -0.15) is 0 Å². The Morgan fingerprint density at radius 1 is 1.23 bits per heavy atom. The maximum Gasteiger partial charge on any atom is 0.280 e. The fourth-order valence-corrected chi connectivity index (χ4v) is 3.80. The molecule has 9 heteroatoms. The highest BCUT2D eigenvalue weighted by molar-refractivity contribution is 7.14. The van der Waals surface area contributed by atoms with Crippen LogP contribution in [-0.4, -0.2) is 35.2 Å². The summed E-state index contributed by atoms with van der Waals surface area (Å²) in [5, 5.41) is 3.68. The van der Waals surface area contributed by atoms with Gasteiger partial charge in [-0.15, -0.1) is 11.3 Å². The summed E-state index contributed by atoms with van der Waals surface area (Å²) < 4.78 is 36.5. The average molecular weight is 445 g/mol. The van der Waals surface area contributed by atoms with E-state index in [1.165, 1.54) is 23.6 Å². The van der Waals surface area contributed by atoms with Gasteiger partial charge in [0, 0.05) is 28.4 Å². The van der Waals surface area contributed by atoms with Crippen molar-refractivity contribution in [2.45, 2.75) is 32.4 Å². The van der Waals surface area contributed by atoms with E-state index < -0.39 is 12.5 Å². The first kappa shape index (κ1) is 21.3. The summed E-state index contributed by atoms with van der Waals surface area (Å²) in [5.41, 5.74) is 1.55. The van der Waals surface area contributed by atoms with Gasteiger partial charge in [0.1, 0.15) is 22.6 Å². The molecule has 3 heterocycles. The number of aromatic nitrogens is 2. The largest absolute Gasteiger partial charge is 0.486 e. The van der Waals surface area contributed by atoms with Crippen molar-refractivity contribution < 1.29 is 23.0 Å². The summed E-state index contributed by atoms with van der Waals surface area (Å²) in [5.74, 6) is 0.259. The van der Waals surface area contributed by atoms with Crippen molar-refractivity contribution in [2.75, 3.05) is 13.2 Å². The SMILES string of the molecule is Cc1cnc(-c2cc(OC3COC3)cc(C(=O)NC(C)c3ccc(C(F)F)nc3)c2)s1. The number of aryl methyl sites for hydroxylation is 1. The molecule has 0 radical (unpaired) electrons. The Morgan fingerprint density at radius 2 is 2.03 bits per heavy atom. The lowest BCUT2D eigenvalue weighted by Gasteiger charge is -2.27. The second-order valence-corrected chi connectivity index (χ2v) is 8.55. The first-order chi connectivity index (χ1) is 14.9. The predicted molar refractivity (Wildman–Crippen MR) is 113 cm³/mol. The van der Waals surface area contributed by atoms with E-state index in [-0.39, 0.29) is 17.7 Å².